The summed E-state index contributed by atoms with van der Waals surface area (Å²) in [5.74, 6) is -1.36. The van der Waals surface area contributed by atoms with Gasteiger partial charge in [-0.25, -0.2) is 0 Å². The average molecular weight is 350 g/mol. The van der Waals surface area contributed by atoms with Crippen molar-refractivity contribution in [2.45, 2.75) is 51.6 Å². The second-order valence-electron chi connectivity index (χ2n) is 6.14. The van der Waals surface area contributed by atoms with E-state index in [2.05, 4.69) is 0 Å². The van der Waals surface area contributed by atoms with E-state index < -0.39 is 27.6 Å². The number of nitro groups is 1. The lowest BCUT2D eigenvalue weighted by Gasteiger charge is -2.33. The number of likely N-dealkylation sites (N-methyl/N-ethyl adjacent to an activating group) is 1. The molecule has 1 aliphatic carbocycles. The first-order valence-corrected chi connectivity index (χ1v) is 8.33. The Balaban J connectivity index is 2.31. The van der Waals surface area contributed by atoms with E-state index in [9.17, 15) is 24.5 Å². The van der Waals surface area contributed by atoms with Crippen molar-refractivity contribution in [2.24, 2.45) is 5.73 Å². The van der Waals surface area contributed by atoms with Crippen molar-refractivity contribution in [3.8, 4) is 0 Å². The predicted molar refractivity (Wildman–Crippen MR) is 90.1 cm³/mol. The van der Waals surface area contributed by atoms with Crippen LogP contribution in [0.15, 0.2) is 17.1 Å². The first-order chi connectivity index (χ1) is 11.8. The zero-order valence-corrected chi connectivity index (χ0v) is 14.1. The van der Waals surface area contributed by atoms with E-state index in [1.165, 1.54) is 0 Å². The van der Waals surface area contributed by atoms with Gasteiger partial charge >= 0.3 is 0 Å². The molecular weight excluding hydrogens is 328 g/mol. The quantitative estimate of drug-likeness (QED) is 0.605. The Kier molecular flexibility index (Phi) is 5.89. The summed E-state index contributed by atoms with van der Waals surface area (Å²) in [5.41, 5.74) is 3.36. The molecule has 0 aliphatic heterocycles. The minimum absolute atomic E-state index is 0.122. The number of aromatic nitrogens is 1. The van der Waals surface area contributed by atoms with Gasteiger partial charge in [0.1, 0.15) is 12.1 Å². The van der Waals surface area contributed by atoms with Crippen molar-refractivity contribution in [1.82, 2.24) is 9.47 Å². The fraction of sp³-hybridized carbons (Fsp3) is 0.562. The Morgan fingerprint density at radius 1 is 1.36 bits per heavy atom. The van der Waals surface area contributed by atoms with Crippen molar-refractivity contribution in [3.63, 3.8) is 0 Å². The number of nitrogens with zero attached hydrogens (tertiary/aromatic N) is 3. The third kappa shape index (κ3) is 4.23. The van der Waals surface area contributed by atoms with E-state index in [0.717, 1.165) is 48.9 Å². The molecule has 9 heteroatoms. The van der Waals surface area contributed by atoms with Gasteiger partial charge in [0.15, 0.2) is 0 Å². The summed E-state index contributed by atoms with van der Waals surface area (Å²) in [6.45, 7) is 2.00. The SMILES string of the molecule is CCN(C(=O)Cn1cc([N+](=O)[O-])cc(C(N)=O)c1=O)C1CCCCC1. The van der Waals surface area contributed by atoms with Crippen molar-refractivity contribution >= 4 is 17.5 Å². The normalized spacial score (nSPS) is 14.9. The lowest BCUT2D eigenvalue weighted by molar-refractivity contribution is -0.385. The fourth-order valence-corrected chi connectivity index (χ4v) is 3.28. The van der Waals surface area contributed by atoms with Gasteiger partial charge in [-0.3, -0.25) is 29.1 Å². The first-order valence-electron chi connectivity index (χ1n) is 8.33. The van der Waals surface area contributed by atoms with Crippen molar-refractivity contribution in [2.75, 3.05) is 6.54 Å². The van der Waals surface area contributed by atoms with E-state index >= 15 is 0 Å². The summed E-state index contributed by atoms with van der Waals surface area (Å²) >= 11 is 0. The molecule has 136 valence electrons. The summed E-state index contributed by atoms with van der Waals surface area (Å²) < 4.78 is 0.895. The van der Waals surface area contributed by atoms with Gasteiger partial charge < -0.3 is 10.6 Å². The maximum atomic E-state index is 12.6. The number of primary amides is 1. The third-order valence-electron chi connectivity index (χ3n) is 4.53. The summed E-state index contributed by atoms with van der Waals surface area (Å²) in [5, 5.41) is 11.0. The van der Waals surface area contributed by atoms with Crippen LogP contribution in [0.5, 0.6) is 0 Å². The molecule has 0 saturated heterocycles. The number of hydrogen-bond donors (Lipinski definition) is 1. The highest BCUT2D eigenvalue weighted by atomic mass is 16.6. The van der Waals surface area contributed by atoms with Crippen LogP contribution in [0.4, 0.5) is 5.69 Å². The van der Waals surface area contributed by atoms with Gasteiger partial charge in [-0.1, -0.05) is 19.3 Å². The monoisotopic (exact) mass is 350 g/mol. The molecular formula is C16H22N4O5. The Labute approximate surface area is 144 Å². The molecule has 1 saturated carbocycles. The highest BCUT2D eigenvalue weighted by Crippen LogP contribution is 2.22. The minimum Gasteiger partial charge on any atom is -0.365 e. The summed E-state index contributed by atoms with van der Waals surface area (Å²) in [4.78, 5) is 48.3. The fourth-order valence-electron chi connectivity index (χ4n) is 3.28. The first kappa shape index (κ1) is 18.6. The molecule has 0 atom stereocenters. The van der Waals surface area contributed by atoms with Gasteiger partial charge in [-0.15, -0.1) is 0 Å². The van der Waals surface area contributed by atoms with E-state index in [4.69, 9.17) is 5.73 Å². The molecule has 0 bridgehead atoms. The van der Waals surface area contributed by atoms with E-state index in [-0.39, 0.29) is 18.5 Å². The Morgan fingerprint density at radius 2 is 2.00 bits per heavy atom. The van der Waals surface area contributed by atoms with Crippen LogP contribution in [0, 0.1) is 10.1 Å². The van der Waals surface area contributed by atoms with Gasteiger partial charge in [0.2, 0.25) is 5.91 Å². The molecule has 9 nitrogen and oxygen atoms in total. The molecule has 0 radical (unpaired) electrons. The maximum Gasteiger partial charge on any atom is 0.286 e. The summed E-state index contributed by atoms with van der Waals surface area (Å²) in [6.07, 6.45) is 6.05. The molecule has 2 N–H and O–H groups in total. The summed E-state index contributed by atoms with van der Waals surface area (Å²) in [7, 11) is 0. The second kappa shape index (κ2) is 7.91. The number of pyridine rings is 1. The molecule has 1 aromatic heterocycles. The standard InChI is InChI=1S/C16H22N4O5/c1-2-19(11-6-4-3-5-7-11)14(21)10-18-9-12(20(24)25)8-13(15(17)22)16(18)23/h8-9,11H,2-7,10H2,1H3,(H2,17,22). The number of carbonyl (C=O) groups excluding carboxylic acids is 2. The molecule has 0 aromatic carbocycles. The van der Waals surface area contributed by atoms with Gasteiger partial charge in [-0.2, -0.15) is 0 Å². The van der Waals surface area contributed by atoms with Crippen molar-refractivity contribution in [1.29, 1.82) is 0 Å². The molecule has 1 aromatic rings. The van der Waals surface area contributed by atoms with Gasteiger partial charge in [0.25, 0.3) is 17.2 Å². The molecule has 1 aliphatic rings. The number of nitrogens with two attached hydrogens (primary N) is 1. The van der Waals surface area contributed by atoms with Crippen LogP contribution in [0.25, 0.3) is 0 Å². The van der Waals surface area contributed by atoms with E-state index in [0.29, 0.717) is 6.54 Å². The summed E-state index contributed by atoms with van der Waals surface area (Å²) in [6, 6.07) is 0.959. The predicted octanol–water partition coefficient (Wildman–Crippen LogP) is 1.04. The largest absolute Gasteiger partial charge is 0.365 e. The van der Waals surface area contributed by atoms with Crippen LogP contribution in [0.1, 0.15) is 49.4 Å². The zero-order valence-electron chi connectivity index (χ0n) is 14.1. The Bertz CT molecular complexity index is 737. The molecule has 1 fully saturated rings. The van der Waals surface area contributed by atoms with Crippen LogP contribution < -0.4 is 11.3 Å². The lowest BCUT2D eigenvalue weighted by Crippen LogP contribution is -2.44. The molecule has 1 heterocycles. The lowest BCUT2D eigenvalue weighted by atomic mass is 9.94. The highest BCUT2D eigenvalue weighted by Gasteiger charge is 2.25. The highest BCUT2D eigenvalue weighted by molar-refractivity contribution is 5.93. The molecule has 0 unspecified atom stereocenters. The Hall–Kier alpha value is -2.71. The van der Waals surface area contributed by atoms with Crippen molar-refractivity contribution < 1.29 is 14.5 Å². The number of amides is 2. The van der Waals surface area contributed by atoms with Crippen LogP contribution >= 0.6 is 0 Å². The number of rotatable bonds is 6. The Morgan fingerprint density at radius 3 is 2.52 bits per heavy atom. The van der Waals surface area contributed by atoms with Crippen LogP contribution in [-0.4, -0.2) is 38.8 Å². The molecule has 25 heavy (non-hydrogen) atoms. The second-order valence-corrected chi connectivity index (χ2v) is 6.14. The third-order valence-corrected chi connectivity index (χ3v) is 4.53. The van der Waals surface area contributed by atoms with Crippen LogP contribution in [0.3, 0.4) is 0 Å². The smallest absolute Gasteiger partial charge is 0.286 e. The molecule has 0 spiro atoms. The zero-order chi connectivity index (χ0) is 18.6. The van der Waals surface area contributed by atoms with Gasteiger partial charge in [0, 0.05) is 18.7 Å². The number of hydrogen-bond acceptors (Lipinski definition) is 5. The van der Waals surface area contributed by atoms with Crippen molar-refractivity contribution in [3.05, 3.63) is 38.3 Å². The molecule has 2 amide bonds. The number of carbonyl (C=O) groups is 2. The van der Waals surface area contributed by atoms with Gasteiger partial charge in [-0.05, 0) is 19.8 Å². The minimum atomic E-state index is -1.06. The van der Waals surface area contributed by atoms with E-state index in [1.54, 1.807) is 4.90 Å². The van der Waals surface area contributed by atoms with E-state index in [1.807, 2.05) is 6.92 Å². The van der Waals surface area contributed by atoms with Gasteiger partial charge in [0.05, 0.1) is 11.1 Å². The van der Waals surface area contributed by atoms with Crippen LogP contribution in [0.2, 0.25) is 0 Å². The molecule has 2 rings (SSSR count). The van der Waals surface area contributed by atoms with Crippen LogP contribution in [-0.2, 0) is 11.3 Å². The topological polar surface area (TPSA) is 129 Å². The average Bonchev–Trinajstić information content (AvgIpc) is 2.57. The maximum absolute atomic E-state index is 12.6.